The summed E-state index contributed by atoms with van der Waals surface area (Å²) in [6.07, 6.45) is 0.328. The molecule has 0 spiro atoms. The number of hydrogen-bond acceptors (Lipinski definition) is 7. The van der Waals surface area contributed by atoms with Gasteiger partial charge in [-0.05, 0) is 42.7 Å². The molecule has 0 fully saturated rings. The van der Waals surface area contributed by atoms with Crippen LogP contribution in [-0.2, 0) is 11.2 Å². The highest BCUT2D eigenvalue weighted by Crippen LogP contribution is 2.22. The Bertz CT molecular complexity index is 917. The topological polar surface area (TPSA) is 142 Å². The highest BCUT2D eigenvalue weighted by molar-refractivity contribution is 5.94. The minimum Gasteiger partial charge on any atom is -0.497 e. The van der Waals surface area contributed by atoms with Crippen LogP contribution in [0.5, 0.6) is 5.75 Å². The fourth-order valence-corrected chi connectivity index (χ4v) is 3.24. The van der Waals surface area contributed by atoms with E-state index in [9.17, 15) is 24.8 Å². The summed E-state index contributed by atoms with van der Waals surface area (Å²) in [6.45, 7) is -0.414. The molecule has 0 saturated heterocycles. The molecular formula is C21H25N3O7. The standard InChI is InChI=1S/C21H25N3O7/c1-23(21(27)15-6-8-17(9-7-15)24(29)30)18(13-25)12-16(20(26)22-28)10-14-4-3-5-19(11-14)31-2/h3-9,11,16,18,25,28H,10,12-13H2,1-2H3,(H,22,26). The number of nitrogens with zero attached hydrogens (tertiary/aromatic N) is 2. The number of likely N-dealkylation sites (N-methyl/N-ethyl adjacent to an activating group) is 1. The van der Waals surface area contributed by atoms with Gasteiger partial charge in [-0.3, -0.25) is 24.9 Å². The summed E-state index contributed by atoms with van der Waals surface area (Å²) < 4.78 is 5.18. The van der Waals surface area contributed by atoms with Crippen molar-refractivity contribution < 1.29 is 29.6 Å². The van der Waals surface area contributed by atoms with Gasteiger partial charge in [0.1, 0.15) is 5.75 Å². The smallest absolute Gasteiger partial charge is 0.269 e. The predicted octanol–water partition coefficient (Wildman–Crippen LogP) is 1.79. The summed E-state index contributed by atoms with van der Waals surface area (Å²) >= 11 is 0. The lowest BCUT2D eigenvalue weighted by atomic mass is 9.91. The van der Waals surface area contributed by atoms with Crippen LogP contribution in [0.15, 0.2) is 48.5 Å². The number of non-ortho nitro benzene ring substituents is 1. The molecule has 0 aliphatic carbocycles. The van der Waals surface area contributed by atoms with E-state index in [4.69, 9.17) is 9.94 Å². The van der Waals surface area contributed by atoms with Crippen molar-refractivity contribution in [2.24, 2.45) is 5.92 Å². The van der Waals surface area contributed by atoms with Gasteiger partial charge in [-0.25, -0.2) is 5.48 Å². The lowest BCUT2D eigenvalue weighted by molar-refractivity contribution is -0.384. The maximum atomic E-state index is 12.8. The number of methoxy groups -OCH3 is 1. The molecule has 2 aromatic rings. The van der Waals surface area contributed by atoms with E-state index in [1.807, 2.05) is 0 Å². The zero-order chi connectivity index (χ0) is 23.0. The molecule has 0 aromatic heterocycles. The SMILES string of the molecule is COc1cccc(CC(CC(CO)N(C)C(=O)c2ccc([N+](=O)[O-])cc2)C(=O)NO)c1. The fraction of sp³-hybridized carbons (Fsp3) is 0.333. The highest BCUT2D eigenvalue weighted by Gasteiger charge is 2.28. The number of aliphatic hydroxyl groups excluding tert-OH is 1. The number of nitrogens with one attached hydrogen (secondary N) is 1. The third-order valence-electron chi connectivity index (χ3n) is 5.06. The summed E-state index contributed by atoms with van der Waals surface area (Å²) in [5.41, 5.74) is 2.49. The van der Waals surface area contributed by atoms with Gasteiger partial charge >= 0.3 is 0 Å². The van der Waals surface area contributed by atoms with Crippen molar-refractivity contribution in [3.63, 3.8) is 0 Å². The molecule has 166 valence electrons. The molecular weight excluding hydrogens is 406 g/mol. The first kappa shape index (κ1) is 23.8. The van der Waals surface area contributed by atoms with Gasteiger partial charge in [-0.1, -0.05) is 12.1 Å². The van der Waals surface area contributed by atoms with E-state index in [2.05, 4.69) is 0 Å². The lowest BCUT2D eigenvalue weighted by Crippen LogP contribution is -2.43. The zero-order valence-electron chi connectivity index (χ0n) is 17.2. The van der Waals surface area contributed by atoms with Crippen LogP contribution in [0.1, 0.15) is 22.3 Å². The van der Waals surface area contributed by atoms with Crippen LogP contribution in [-0.4, -0.2) is 58.8 Å². The van der Waals surface area contributed by atoms with E-state index in [1.165, 1.54) is 43.3 Å². The van der Waals surface area contributed by atoms with Crippen LogP contribution < -0.4 is 10.2 Å². The van der Waals surface area contributed by atoms with Gasteiger partial charge in [0.25, 0.3) is 11.6 Å². The summed E-state index contributed by atoms with van der Waals surface area (Å²) in [5.74, 6) is -1.22. The van der Waals surface area contributed by atoms with Gasteiger partial charge in [0.05, 0.1) is 24.7 Å². The first-order chi connectivity index (χ1) is 14.8. The van der Waals surface area contributed by atoms with E-state index < -0.39 is 35.3 Å². The Kier molecular flexibility index (Phi) is 8.47. The minimum atomic E-state index is -0.735. The number of nitro benzene ring substituents is 1. The van der Waals surface area contributed by atoms with Crippen molar-refractivity contribution in [1.82, 2.24) is 10.4 Å². The quantitative estimate of drug-likeness (QED) is 0.296. The predicted molar refractivity (Wildman–Crippen MR) is 111 cm³/mol. The Morgan fingerprint density at radius 1 is 1.23 bits per heavy atom. The molecule has 0 saturated carbocycles. The molecule has 0 radical (unpaired) electrons. The van der Waals surface area contributed by atoms with Crippen LogP contribution in [0, 0.1) is 16.0 Å². The molecule has 3 N–H and O–H groups in total. The molecule has 2 unspecified atom stereocenters. The van der Waals surface area contributed by atoms with Gasteiger partial charge in [-0.15, -0.1) is 0 Å². The Labute approximate surface area is 179 Å². The van der Waals surface area contributed by atoms with E-state index in [-0.39, 0.29) is 24.1 Å². The highest BCUT2D eigenvalue weighted by atomic mass is 16.6. The van der Waals surface area contributed by atoms with Crippen LogP contribution in [0.4, 0.5) is 5.69 Å². The second-order valence-corrected chi connectivity index (χ2v) is 7.02. The number of nitro groups is 1. The number of rotatable bonds is 10. The maximum absolute atomic E-state index is 12.8. The number of carbonyl (C=O) groups excluding carboxylic acids is 2. The molecule has 0 heterocycles. The number of ether oxygens (including phenoxy) is 1. The molecule has 10 heteroatoms. The maximum Gasteiger partial charge on any atom is 0.269 e. The first-order valence-corrected chi connectivity index (χ1v) is 9.50. The first-order valence-electron chi connectivity index (χ1n) is 9.50. The third kappa shape index (κ3) is 6.24. The van der Waals surface area contributed by atoms with Crippen molar-refractivity contribution in [3.05, 3.63) is 69.8 Å². The zero-order valence-corrected chi connectivity index (χ0v) is 17.2. The summed E-state index contributed by atoms with van der Waals surface area (Å²) in [6, 6.07) is 11.5. The van der Waals surface area contributed by atoms with Crippen molar-refractivity contribution in [1.29, 1.82) is 0 Å². The third-order valence-corrected chi connectivity index (χ3v) is 5.06. The van der Waals surface area contributed by atoms with Crippen LogP contribution >= 0.6 is 0 Å². The average molecular weight is 431 g/mol. The van der Waals surface area contributed by atoms with Gasteiger partial charge in [-0.2, -0.15) is 0 Å². The Morgan fingerprint density at radius 3 is 2.45 bits per heavy atom. The second-order valence-electron chi connectivity index (χ2n) is 7.02. The normalized spacial score (nSPS) is 12.5. The fourth-order valence-electron chi connectivity index (χ4n) is 3.24. The van der Waals surface area contributed by atoms with E-state index in [1.54, 1.807) is 29.7 Å². The molecule has 2 amide bonds. The van der Waals surface area contributed by atoms with Crippen molar-refractivity contribution in [2.75, 3.05) is 20.8 Å². The molecule has 2 aromatic carbocycles. The van der Waals surface area contributed by atoms with Crippen LogP contribution in [0.25, 0.3) is 0 Å². The molecule has 0 bridgehead atoms. The largest absolute Gasteiger partial charge is 0.497 e. The molecule has 31 heavy (non-hydrogen) atoms. The van der Waals surface area contributed by atoms with Crippen LogP contribution in [0.2, 0.25) is 0 Å². The molecule has 2 atom stereocenters. The summed E-state index contributed by atoms with van der Waals surface area (Å²) in [7, 11) is 3.00. The van der Waals surface area contributed by atoms with Crippen LogP contribution in [0.3, 0.4) is 0 Å². The number of aliphatic hydroxyl groups is 1. The van der Waals surface area contributed by atoms with Gasteiger partial charge < -0.3 is 14.7 Å². The number of benzene rings is 2. The van der Waals surface area contributed by atoms with Gasteiger partial charge in [0, 0.05) is 30.7 Å². The van der Waals surface area contributed by atoms with Gasteiger partial charge in [0.15, 0.2) is 0 Å². The molecule has 2 rings (SSSR count). The van der Waals surface area contributed by atoms with E-state index in [0.717, 1.165) is 5.56 Å². The Morgan fingerprint density at radius 2 is 1.90 bits per heavy atom. The van der Waals surface area contributed by atoms with E-state index in [0.29, 0.717) is 5.75 Å². The number of carbonyl (C=O) groups is 2. The summed E-state index contributed by atoms with van der Waals surface area (Å²) in [5, 5.41) is 29.8. The minimum absolute atomic E-state index is 0.0787. The van der Waals surface area contributed by atoms with E-state index >= 15 is 0 Å². The second kappa shape index (κ2) is 11.0. The number of hydroxylamine groups is 1. The monoisotopic (exact) mass is 431 g/mol. The molecule has 0 aliphatic rings. The number of hydrogen-bond donors (Lipinski definition) is 3. The van der Waals surface area contributed by atoms with Crippen molar-refractivity contribution >= 4 is 17.5 Å². The average Bonchev–Trinajstić information content (AvgIpc) is 2.80. The number of amides is 2. The summed E-state index contributed by atoms with van der Waals surface area (Å²) in [4.78, 5) is 36.5. The molecule has 0 aliphatic heterocycles. The molecule has 10 nitrogen and oxygen atoms in total. The Balaban J connectivity index is 2.17. The van der Waals surface area contributed by atoms with Crippen molar-refractivity contribution in [3.8, 4) is 5.75 Å². The van der Waals surface area contributed by atoms with Crippen molar-refractivity contribution in [2.45, 2.75) is 18.9 Å². The Hall–Kier alpha value is -3.50. The lowest BCUT2D eigenvalue weighted by Gasteiger charge is -2.29. The van der Waals surface area contributed by atoms with Gasteiger partial charge in [0.2, 0.25) is 5.91 Å².